The Balaban J connectivity index is 0.000000346. The van der Waals surface area contributed by atoms with E-state index in [1.807, 2.05) is 180 Å². The van der Waals surface area contributed by atoms with Crippen molar-refractivity contribution in [1.82, 2.24) is 0 Å². The lowest BCUT2D eigenvalue weighted by atomic mass is 9.84. The Kier molecular flexibility index (Phi) is 49.4. The van der Waals surface area contributed by atoms with Crippen molar-refractivity contribution in [2.24, 2.45) is 0 Å². The molecule has 0 heteroatoms. The van der Waals surface area contributed by atoms with Gasteiger partial charge in [-0.05, 0) is 199 Å². The van der Waals surface area contributed by atoms with Crippen LogP contribution in [0.1, 0.15) is 180 Å². The summed E-state index contributed by atoms with van der Waals surface area (Å²) in [6.45, 7) is 52.0. The van der Waals surface area contributed by atoms with Gasteiger partial charge in [0.05, 0.1) is 0 Å². The van der Waals surface area contributed by atoms with Crippen LogP contribution in [0.15, 0.2) is 400 Å². The molecule has 19 rings (SSSR count). The van der Waals surface area contributed by atoms with Crippen LogP contribution in [-0.2, 0) is 0 Å². The second-order valence-electron chi connectivity index (χ2n) is 25.2. The van der Waals surface area contributed by atoms with Gasteiger partial charge >= 0.3 is 0 Å². The molecule has 0 saturated heterocycles. The fourth-order valence-electron chi connectivity index (χ4n) is 15.2. The molecule has 0 radical (unpaired) electrons. The summed E-state index contributed by atoms with van der Waals surface area (Å²) in [6.07, 6.45) is 0. The van der Waals surface area contributed by atoms with Gasteiger partial charge in [-0.25, -0.2) is 0 Å². The zero-order valence-corrected chi connectivity index (χ0v) is 80.1. The highest BCUT2D eigenvalue weighted by molar-refractivity contribution is 6.25. The Morgan fingerprint density at radius 2 is 0.290 bits per heavy atom. The zero-order valence-electron chi connectivity index (χ0n) is 80.1. The molecule has 0 heterocycles. The summed E-state index contributed by atoms with van der Waals surface area (Å²) in [6, 6.07) is 144. The SMILES string of the molecule is CC.CC.CC.CC.CC.CC.CC.CC.CC.CC.CC.CC.CC.c1ccc(-c2c3ccccc3c(-c3ccc4ccccc4c3)c3ccccc23)cc1.c1ccc(-c2c3ccccc3c(-c3cccc4ccccc34)c3ccccc23)cc1.c1ccc(-c2cc(-c3ccccc3)cc(-c3c4ccccc4c(-c4ccccc4)c4ccccc34)c2)cc1. The minimum Gasteiger partial charge on any atom is -0.0683 e. The summed E-state index contributed by atoms with van der Waals surface area (Å²) in [4.78, 5) is 0. The van der Waals surface area contributed by atoms with Crippen molar-refractivity contribution in [2.75, 3.05) is 0 Å². The third-order valence-corrected chi connectivity index (χ3v) is 19.5. The highest BCUT2D eigenvalue weighted by Gasteiger charge is 2.21. The van der Waals surface area contributed by atoms with Crippen molar-refractivity contribution in [3.8, 4) is 89.0 Å². The average molecular weight is 1630 g/mol. The Labute approximate surface area is 750 Å². The van der Waals surface area contributed by atoms with Crippen LogP contribution in [0.4, 0.5) is 0 Å². The standard InChI is InChI=1S/C38H26.2C30H20.13C2H6/c1-4-14-27(15-5-1)30-24-31(28-16-6-2-7-17-28)26-32(25-30)38-35-22-12-10-20-33(35)37(29-18-8-3-9-19-29)34-21-11-13-23-36(34)38;1-2-12-22(13-3-1)29-25-16-6-8-18-27(25)30(28-19-9-7-17-26(28)29)24-20-10-14-21-11-4-5-15-23(21)24;1-2-11-22(12-3-1)29-25-14-6-8-16-27(25)30(28-17-9-7-15-26(28)29)24-19-18-21-10-4-5-13-23(21)20-24;13*1-2/h1-26H;2*1-20H;13*1-2H3. The third kappa shape index (κ3) is 25.0. The number of rotatable bonds is 8. The van der Waals surface area contributed by atoms with Gasteiger partial charge in [-0.3, -0.25) is 0 Å². The predicted octanol–water partition coefficient (Wildman–Crippen LogP) is 41.0. The van der Waals surface area contributed by atoms with Crippen molar-refractivity contribution >= 4 is 86.2 Å². The van der Waals surface area contributed by atoms with Crippen molar-refractivity contribution in [1.29, 1.82) is 0 Å². The molecule has 0 saturated carbocycles. The maximum Gasteiger partial charge on any atom is -0.00201 e. The predicted molar refractivity (Wildman–Crippen MR) is 570 cm³/mol. The molecule has 0 bridgehead atoms. The van der Waals surface area contributed by atoms with Crippen LogP contribution in [0.2, 0.25) is 0 Å². The van der Waals surface area contributed by atoms with Gasteiger partial charge in [0.15, 0.2) is 0 Å². The van der Waals surface area contributed by atoms with E-state index >= 15 is 0 Å². The topological polar surface area (TPSA) is 0 Å². The number of fused-ring (bicyclic) bond motifs is 8. The van der Waals surface area contributed by atoms with Crippen LogP contribution >= 0.6 is 0 Å². The zero-order chi connectivity index (χ0) is 91.1. The van der Waals surface area contributed by atoms with Gasteiger partial charge < -0.3 is 0 Å². The van der Waals surface area contributed by atoms with E-state index in [1.165, 1.54) is 175 Å². The van der Waals surface area contributed by atoms with Gasteiger partial charge in [-0.15, -0.1) is 0 Å². The van der Waals surface area contributed by atoms with Crippen LogP contribution in [0.5, 0.6) is 0 Å². The fourth-order valence-corrected chi connectivity index (χ4v) is 15.2. The molecule has 124 heavy (non-hydrogen) atoms. The highest BCUT2D eigenvalue weighted by Crippen LogP contribution is 2.49. The van der Waals surface area contributed by atoms with Gasteiger partial charge in [-0.1, -0.05) is 556 Å². The highest BCUT2D eigenvalue weighted by atomic mass is 14.2. The number of hydrogen-bond donors (Lipinski definition) is 0. The first kappa shape index (κ1) is 104. The van der Waals surface area contributed by atoms with E-state index in [0.29, 0.717) is 0 Å². The molecule has 19 aromatic rings. The fraction of sp³-hybridized carbons (Fsp3) is 0.210. The third-order valence-electron chi connectivity index (χ3n) is 19.5. The molecule has 0 unspecified atom stereocenters. The Bertz CT molecular complexity index is 5880. The molecule has 0 atom stereocenters. The molecule has 0 aliphatic heterocycles. The van der Waals surface area contributed by atoms with Gasteiger partial charge in [0.2, 0.25) is 0 Å². The lowest BCUT2D eigenvalue weighted by molar-refractivity contribution is 1.50. The molecule has 0 aliphatic rings. The summed E-state index contributed by atoms with van der Waals surface area (Å²) < 4.78 is 0. The number of hydrogen-bond acceptors (Lipinski definition) is 0. The average Bonchev–Trinajstić information content (AvgIpc) is 0.741. The van der Waals surface area contributed by atoms with Crippen molar-refractivity contribution in [2.45, 2.75) is 180 Å². The summed E-state index contributed by atoms with van der Waals surface area (Å²) >= 11 is 0. The van der Waals surface area contributed by atoms with Gasteiger partial charge in [0.25, 0.3) is 0 Å². The van der Waals surface area contributed by atoms with Crippen molar-refractivity contribution in [3.63, 3.8) is 0 Å². The van der Waals surface area contributed by atoms with E-state index in [-0.39, 0.29) is 0 Å². The van der Waals surface area contributed by atoms with E-state index in [0.717, 1.165) is 0 Å². The summed E-state index contributed by atoms with van der Waals surface area (Å²) in [5.41, 5.74) is 20.3. The van der Waals surface area contributed by atoms with E-state index in [4.69, 9.17) is 0 Å². The molecule has 0 spiro atoms. The first-order valence-corrected chi connectivity index (χ1v) is 46.9. The minimum absolute atomic E-state index is 1.22. The molecule has 0 nitrogen and oxygen atoms in total. The van der Waals surface area contributed by atoms with Crippen LogP contribution in [0.25, 0.3) is 175 Å². The molecule has 0 N–H and O–H groups in total. The monoisotopic (exact) mass is 1630 g/mol. The molecule has 0 aromatic heterocycles. The van der Waals surface area contributed by atoms with E-state index < -0.39 is 0 Å². The molecule has 640 valence electrons. The first-order chi connectivity index (χ1) is 61.7. The summed E-state index contributed by atoms with van der Waals surface area (Å²) in [5, 5.41) is 20.6. The van der Waals surface area contributed by atoms with Crippen LogP contribution in [0.3, 0.4) is 0 Å². The minimum atomic E-state index is 1.22. The molecule has 19 aromatic carbocycles. The van der Waals surface area contributed by atoms with E-state index in [1.54, 1.807) is 0 Å². The second kappa shape index (κ2) is 59.1. The van der Waals surface area contributed by atoms with Crippen molar-refractivity contribution in [3.05, 3.63) is 400 Å². The summed E-state index contributed by atoms with van der Waals surface area (Å²) in [5.74, 6) is 0. The Morgan fingerprint density at radius 1 is 0.0968 bits per heavy atom. The van der Waals surface area contributed by atoms with Crippen LogP contribution < -0.4 is 0 Å². The lowest BCUT2D eigenvalue weighted by Gasteiger charge is -2.19. The second-order valence-corrected chi connectivity index (χ2v) is 25.2. The van der Waals surface area contributed by atoms with Crippen LogP contribution in [0, 0.1) is 0 Å². The smallest absolute Gasteiger partial charge is 0.00201 e. The lowest BCUT2D eigenvalue weighted by Crippen LogP contribution is -1.92. The van der Waals surface area contributed by atoms with Gasteiger partial charge in [0.1, 0.15) is 0 Å². The van der Waals surface area contributed by atoms with Crippen LogP contribution in [-0.4, -0.2) is 0 Å². The maximum absolute atomic E-state index is 2.36. The molecular formula is C124H144. The summed E-state index contributed by atoms with van der Waals surface area (Å²) in [7, 11) is 0. The van der Waals surface area contributed by atoms with E-state index in [2.05, 4.69) is 400 Å². The first-order valence-electron chi connectivity index (χ1n) is 46.9. The maximum atomic E-state index is 2.36. The molecule has 0 fully saturated rings. The Hall–Kier alpha value is -12.7. The largest absolute Gasteiger partial charge is 0.0683 e. The molecule has 0 aliphatic carbocycles. The number of benzene rings is 19. The Morgan fingerprint density at radius 3 is 0.573 bits per heavy atom. The quantitative estimate of drug-likeness (QED) is 0.133. The van der Waals surface area contributed by atoms with Gasteiger partial charge in [0, 0.05) is 0 Å². The van der Waals surface area contributed by atoms with Crippen molar-refractivity contribution < 1.29 is 0 Å². The normalized spacial score (nSPS) is 9.53. The molecule has 0 amide bonds. The van der Waals surface area contributed by atoms with Gasteiger partial charge in [-0.2, -0.15) is 0 Å². The molecular weight excluding hydrogens is 1490 g/mol. The van der Waals surface area contributed by atoms with E-state index in [9.17, 15) is 0 Å².